The Hall–Kier alpha value is -1.44. The van der Waals surface area contributed by atoms with E-state index in [9.17, 15) is 4.79 Å². The number of rotatable bonds is 1. The van der Waals surface area contributed by atoms with Crippen molar-refractivity contribution >= 4 is 11.4 Å². The molecule has 4 aliphatic carbocycles. The summed E-state index contributed by atoms with van der Waals surface area (Å²) in [5, 5.41) is 0. The van der Waals surface area contributed by atoms with Crippen molar-refractivity contribution in [2.24, 2.45) is 34.5 Å². The number of pyridine rings is 1. The summed E-state index contributed by atoms with van der Waals surface area (Å²) in [6.07, 6.45) is 15.8. The molecule has 0 aliphatic heterocycles. The van der Waals surface area contributed by atoms with Gasteiger partial charge in [-0.2, -0.15) is 0 Å². The van der Waals surface area contributed by atoms with Gasteiger partial charge < -0.3 is 0 Å². The highest BCUT2D eigenvalue weighted by Crippen LogP contribution is 2.67. The van der Waals surface area contributed by atoms with Gasteiger partial charge in [0.25, 0.3) is 0 Å². The first kappa shape index (κ1) is 16.7. The van der Waals surface area contributed by atoms with Crippen molar-refractivity contribution in [2.45, 2.75) is 65.2 Å². The Kier molecular flexibility index (Phi) is 3.71. The molecule has 6 atom stereocenters. The highest BCUT2D eigenvalue weighted by molar-refractivity contribution is 5.79. The first-order valence-corrected chi connectivity index (χ1v) is 10.6. The number of allylic oxidation sites excluding steroid dienone is 2. The van der Waals surface area contributed by atoms with E-state index in [2.05, 4.69) is 43.2 Å². The molecule has 0 saturated heterocycles. The Morgan fingerprint density at radius 3 is 2.81 bits per heavy atom. The molecule has 0 N–H and O–H groups in total. The van der Waals surface area contributed by atoms with E-state index in [1.165, 1.54) is 37.7 Å². The fraction of sp³-hybridized carbons (Fsp3) is 0.667. The molecule has 1 heterocycles. The molecule has 0 amide bonds. The summed E-state index contributed by atoms with van der Waals surface area (Å²) in [6, 6.07) is 4.31. The van der Waals surface area contributed by atoms with E-state index in [4.69, 9.17) is 0 Å². The molecule has 5 rings (SSSR count). The van der Waals surface area contributed by atoms with Crippen LogP contribution in [0, 0.1) is 34.5 Å². The van der Waals surface area contributed by atoms with Crippen LogP contribution in [-0.2, 0) is 4.79 Å². The van der Waals surface area contributed by atoms with Gasteiger partial charge in [0.2, 0.25) is 0 Å². The number of hydrogen-bond donors (Lipinski definition) is 0. The Labute approximate surface area is 157 Å². The quantitative estimate of drug-likeness (QED) is 0.652. The summed E-state index contributed by atoms with van der Waals surface area (Å²) in [6.45, 7) is 5.06. The number of nitrogens with zero attached hydrogens (tertiary/aromatic N) is 1. The number of Topliss-reactive ketones (excluding diaryl/α,β-unsaturated/α-hetero) is 1. The molecule has 3 fully saturated rings. The van der Waals surface area contributed by atoms with E-state index in [0.29, 0.717) is 22.5 Å². The predicted molar refractivity (Wildman–Crippen MR) is 104 cm³/mol. The van der Waals surface area contributed by atoms with Crippen LogP contribution in [0.5, 0.6) is 0 Å². The lowest BCUT2D eigenvalue weighted by Gasteiger charge is -2.60. The van der Waals surface area contributed by atoms with Crippen LogP contribution >= 0.6 is 0 Å². The smallest absolute Gasteiger partial charge is 0.133 e. The van der Waals surface area contributed by atoms with Gasteiger partial charge in [-0.1, -0.05) is 26.0 Å². The molecule has 1 aromatic rings. The molecular weight excluding hydrogens is 318 g/mol. The summed E-state index contributed by atoms with van der Waals surface area (Å²) >= 11 is 0. The minimum atomic E-state index is 0.317. The van der Waals surface area contributed by atoms with Crippen LogP contribution in [0.15, 0.2) is 30.6 Å². The van der Waals surface area contributed by atoms with Gasteiger partial charge in [-0.15, -0.1) is 0 Å². The first-order chi connectivity index (χ1) is 12.5. The molecule has 26 heavy (non-hydrogen) atoms. The van der Waals surface area contributed by atoms with E-state index in [0.717, 1.165) is 37.0 Å². The molecule has 0 radical (unpaired) electrons. The van der Waals surface area contributed by atoms with Crippen LogP contribution in [0.2, 0.25) is 0 Å². The molecule has 4 aliphatic rings. The van der Waals surface area contributed by atoms with Crippen LogP contribution in [0.3, 0.4) is 0 Å². The fourth-order valence-corrected chi connectivity index (χ4v) is 7.58. The molecule has 1 aromatic heterocycles. The maximum atomic E-state index is 12.0. The summed E-state index contributed by atoms with van der Waals surface area (Å²) in [4.78, 5) is 16.4. The predicted octanol–water partition coefficient (Wildman–Crippen LogP) is 5.69. The second-order valence-corrected chi connectivity index (χ2v) is 9.95. The third-order valence-electron chi connectivity index (χ3n) is 9.04. The van der Waals surface area contributed by atoms with Crippen molar-refractivity contribution in [2.75, 3.05) is 0 Å². The summed E-state index contributed by atoms with van der Waals surface area (Å²) < 4.78 is 0. The van der Waals surface area contributed by atoms with Crippen LogP contribution in [0.1, 0.15) is 70.8 Å². The van der Waals surface area contributed by atoms with Gasteiger partial charge >= 0.3 is 0 Å². The number of ketones is 1. The number of hydrogen-bond acceptors (Lipinski definition) is 2. The Balaban J connectivity index is 1.45. The number of fused-ring (bicyclic) bond motifs is 5. The van der Waals surface area contributed by atoms with E-state index in [1.807, 2.05) is 6.20 Å². The summed E-state index contributed by atoms with van der Waals surface area (Å²) in [5.74, 6) is 3.63. The van der Waals surface area contributed by atoms with Crippen LogP contribution in [0.4, 0.5) is 0 Å². The monoisotopic (exact) mass is 349 g/mol. The molecule has 3 unspecified atom stereocenters. The average Bonchev–Trinajstić information content (AvgIpc) is 3.00. The SMILES string of the molecule is C[C@]12CCC3C(CC[C@H]4CC(=O)CC[C@]34C)C1CC=C2c1cccnc1. The minimum Gasteiger partial charge on any atom is -0.300 e. The van der Waals surface area contributed by atoms with E-state index < -0.39 is 0 Å². The van der Waals surface area contributed by atoms with Crippen LogP contribution in [-0.4, -0.2) is 10.8 Å². The molecule has 0 bridgehead atoms. The summed E-state index contributed by atoms with van der Waals surface area (Å²) in [5.41, 5.74) is 3.62. The van der Waals surface area contributed by atoms with Crippen molar-refractivity contribution < 1.29 is 4.79 Å². The van der Waals surface area contributed by atoms with E-state index in [1.54, 1.807) is 5.57 Å². The van der Waals surface area contributed by atoms with Crippen LogP contribution in [0.25, 0.3) is 5.57 Å². The van der Waals surface area contributed by atoms with Crippen molar-refractivity contribution in [3.8, 4) is 0 Å². The molecule has 0 spiro atoms. The molecule has 3 saturated carbocycles. The lowest BCUT2D eigenvalue weighted by Crippen LogP contribution is -2.53. The third kappa shape index (κ3) is 2.23. The number of aromatic nitrogens is 1. The second-order valence-electron chi connectivity index (χ2n) is 9.95. The van der Waals surface area contributed by atoms with Gasteiger partial charge in [-0.05, 0) is 90.2 Å². The van der Waals surface area contributed by atoms with E-state index >= 15 is 0 Å². The number of carbonyl (C=O) groups is 1. The molecule has 138 valence electrons. The van der Waals surface area contributed by atoms with Gasteiger partial charge in [0.05, 0.1) is 0 Å². The highest BCUT2D eigenvalue weighted by Gasteiger charge is 2.58. The highest BCUT2D eigenvalue weighted by atomic mass is 16.1. The van der Waals surface area contributed by atoms with Gasteiger partial charge in [-0.25, -0.2) is 0 Å². The minimum absolute atomic E-state index is 0.317. The summed E-state index contributed by atoms with van der Waals surface area (Å²) in [7, 11) is 0. The topological polar surface area (TPSA) is 30.0 Å². The first-order valence-electron chi connectivity index (χ1n) is 10.6. The normalized spacial score (nSPS) is 44.7. The standard InChI is InChI=1S/C24H31NO/c1-23-11-9-18(26)14-17(23)5-6-19-21-8-7-20(16-4-3-13-25-15-16)24(21,2)12-10-22(19)23/h3-4,7,13,15,17,19,21-22H,5-6,8-12,14H2,1-2H3/t17-,19?,21?,22?,23-,24+/m0/s1. The van der Waals surface area contributed by atoms with Crippen molar-refractivity contribution in [3.05, 3.63) is 36.2 Å². The van der Waals surface area contributed by atoms with Gasteiger partial charge in [0.1, 0.15) is 5.78 Å². The Morgan fingerprint density at radius 2 is 2.00 bits per heavy atom. The third-order valence-corrected chi connectivity index (χ3v) is 9.04. The lowest BCUT2D eigenvalue weighted by molar-refractivity contribution is -0.136. The Morgan fingerprint density at radius 1 is 1.12 bits per heavy atom. The maximum Gasteiger partial charge on any atom is 0.133 e. The van der Waals surface area contributed by atoms with Gasteiger partial charge in [0.15, 0.2) is 0 Å². The lowest BCUT2D eigenvalue weighted by atomic mass is 9.44. The fourth-order valence-electron chi connectivity index (χ4n) is 7.58. The molecular formula is C24H31NO. The van der Waals surface area contributed by atoms with Gasteiger partial charge in [0, 0.05) is 25.2 Å². The zero-order valence-corrected chi connectivity index (χ0v) is 16.2. The van der Waals surface area contributed by atoms with E-state index in [-0.39, 0.29) is 0 Å². The zero-order valence-electron chi connectivity index (χ0n) is 16.2. The molecule has 0 aromatic carbocycles. The zero-order chi connectivity index (χ0) is 17.9. The van der Waals surface area contributed by atoms with Crippen molar-refractivity contribution in [3.63, 3.8) is 0 Å². The molecule has 2 heteroatoms. The Bertz CT molecular complexity index is 753. The molecule has 2 nitrogen and oxygen atoms in total. The van der Waals surface area contributed by atoms with Gasteiger partial charge in [-0.3, -0.25) is 9.78 Å². The van der Waals surface area contributed by atoms with Crippen molar-refractivity contribution in [1.82, 2.24) is 4.98 Å². The largest absolute Gasteiger partial charge is 0.300 e. The second kappa shape index (κ2) is 5.78. The van der Waals surface area contributed by atoms with Crippen LogP contribution < -0.4 is 0 Å². The number of carbonyl (C=O) groups excluding carboxylic acids is 1. The average molecular weight is 350 g/mol. The maximum absolute atomic E-state index is 12.0. The van der Waals surface area contributed by atoms with Crippen molar-refractivity contribution in [1.29, 1.82) is 0 Å².